The first-order valence-electron chi connectivity index (χ1n) is 9.76. The number of nitrogens with two attached hydrogens (primary N) is 1. The number of carbonyl (C=O) groups excluding carboxylic acids is 2. The Balaban J connectivity index is 1.97. The molecule has 0 aliphatic rings. The Kier molecular flexibility index (Phi) is 7.09. The number of carboxylic acids is 1. The number of para-hydroxylation sites is 1. The van der Waals surface area contributed by atoms with Crippen LogP contribution in [-0.2, 0) is 14.6 Å². The molecule has 0 aliphatic carbocycles. The summed E-state index contributed by atoms with van der Waals surface area (Å²) in [6.07, 6.45) is -0.643. The van der Waals surface area contributed by atoms with E-state index in [1.807, 2.05) is 0 Å². The van der Waals surface area contributed by atoms with Crippen molar-refractivity contribution >= 4 is 39.1 Å². The summed E-state index contributed by atoms with van der Waals surface area (Å²) >= 11 is 0. The van der Waals surface area contributed by atoms with Crippen molar-refractivity contribution < 1.29 is 27.9 Å². The fourth-order valence-corrected chi connectivity index (χ4v) is 5.16. The highest BCUT2D eigenvalue weighted by Crippen LogP contribution is 2.35. The van der Waals surface area contributed by atoms with E-state index in [1.54, 1.807) is 36.4 Å². The van der Waals surface area contributed by atoms with Gasteiger partial charge >= 0.3 is 12.0 Å². The molecule has 0 heterocycles. The lowest BCUT2D eigenvalue weighted by Gasteiger charge is -2.19. The molecule has 1 unspecified atom stereocenters. The van der Waals surface area contributed by atoms with Crippen LogP contribution in [0.2, 0.25) is 0 Å². The smallest absolute Gasteiger partial charge is 0.316 e. The standard InChI is InChI=1S/C23H21N3O6S/c24-23(30)25-17-10-6-9-16(13-17)22(29)26-18-11-4-5-12-19(18)33(31,32)20(14-21(27)28)15-7-2-1-3-8-15/h1-13,20H,14H2,(H,26,29)(H,27,28)(H3,24,25,30). The molecule has 0 saturated heterocycles. The van der Waals surface area contributed by atoms with E-state index < -0.39 is 39.4 Å². The van der Waals surface area contributed by atoms with E-state index in [2.05, 4.69) is 10.6 Å². The van der Waals surface area contributed by atoms with Gasteiger partial charge in [0.1, 0.15) is 5.25 Å². The van der Waals surface area contributed by atoms with Gasteiger partial charge in [0.2, 0.25) is 0 Å². The number of rotatable bonds is 8. The Morgan fingerprint density at radius 1 is 0.879 bits per heavy atom. The van der Waals surface area contributed by atoms with E-state index in [0.29, 0.717) is 11.3 Å². The lowest BCUT2D eigenvalue weighted by Crippen LogP contribution is -2.21. The predicted octanol–water partition coefficient (Wildman–Crippen LogP) is 3.42. The molecule has 3 aromatic rings. The third kappa shape index (κ3) is 5.74. The number of nitrogens with one attached hydrogen (secondary N) is 2. The normalized spacial score (nSPS) is 11.9. The molecule has 0 spiro atoms. The minimum Gasteiger partial charge on any atom is -0.481 e. The van der Waals surface area contributed by atoms with Crippen molar-refractivity contribution in [3.05, 3.63) is 90.0 Å². The summed E-state index contributed by atoms with van der Waals surface area (Å²) in [6.45, 7) is 0. The summed E-state index contributed by atoms with van der Waals surface area (Å²) in [5.74, 6) is -1.90. The van der Waals surface area contributed by atoms with Crippen LogP contribution in [0.5, 0.6) is 0 Å². The Morgan fingerprint density at radius 3 is 2.21 bits per heavy atom. The van der Waals surface area contributed by atoms with Crippen molar-refractivity contribution in [3.8, 4) is 0 Å². The Hall–Kier alpha value is -4.18. The topological polar surface area (TPSA) is 156 Å². The summed E-state index contributed by atoms with van der Waals surface area (Å²) in [5, 5.41) is 12.9. The molecule has 0 bridgehead atoms. The number of urea groups is 1. The quantitative estimate of drug-likeness (QED) is 0.398. The number of carboxylic acid groups (broad SMARTS) is 1. The third-order valence-electron chi connectivity index (χ3n) is 4.74. The second-order valence-corrected chi connectivity index (χ2v) is 9.16. The van der Waals surface area contributed by atoms with Crippen LogP contribution >= 0.6 is 0 Å². The van der Waals surface area contributed by atoms with Gasteiger partial charge in [0.05, 0.1) is 17.0 Å². The van der Waals surface area contributed by atoms with Crippen molar-refractivity contribution in [2.45, 2.75) is 16.6 Å². The van der Waals surface area contributed by atoms with E-state index in [9.17, 15) is 27.9 Å². The molecule has 10 heteroatoms. The Labute approximate surface area is 190 Å². The molecule has 9 nitrogen and oxygen atoms in total. The van der Waals surface area contributed by atoms with Gasteiger partial charge in [-0.05, 0) is 35.9 Å². The Bertz CT molecular complexity index is 1290. The van der Waals surface area contributed by atoms with Gasteiger partial charge in [-0.25, -0.2) is 13.2 Å². The van der Waals surface area contributed by atoms with E-state index in [-0.39, 0.29) is 16.1 Å². The van der Waals surface area contributed by atoms with Gasteiger partial charge < -0.3 is 21.5 Å². The molecule has 33 heavy (non-hydrogen) atoms. The minimum absolute atomic E-state index is 0.00193. The number of primary amides is 1. The first kappa shape index (κ1) is 23.5. The number of amides is 3. The summed E-state index contributed by atoms with van der Waals surface area (Å²) in [5.41, 5.74) is 5.87. The van der Waals surface area contributed by atoms with Crippen LogP contribution in [0.15, 0.2) is 83.8 Å². The van der Waals surface area contributed by atoms with Crippen LogP contribution < -0.4 is 16.4 Å². The highest BCUT2D eigenvalue weighted by atomic mass is 32.2. The third-order valence-corrected chi connectivity index (χ3v) is 6.90. The van der Waals surface area contributed by atoms with Gasteiger partial charge in [-0.2, -0.15) is 0 Å². The maximum absolute atomic E-state index is 13.5. The average molecular weight is 468 g/mol. The zero-order chi connectivity index (χ0) is 24.0. The van der Waals surface area contributed by atoms with E-state index in [0.717, 1.165) is 0 Å². The molecule has 0 aromatic heterocycles. The van der Waals surface area contributed by atoms with Crippen molar-refractivity contribution in [3.63, 3.8) is 0 Å². The summed E-state index contributed by atoms with van der Waals surface area (Å²) < 4.78 is 27.0. The lowest BCUT2D eigenvalue weighted by atomic mass is 10.1. The second kappa shape index (κ2) is 9.96. The summed E-state index contributed by atoms with van der Waals surface area (Å²) in [6, 6.07) is 18.9. The molecule has 0 radical (unpaired) electrons. The van der Waals surface area contributed by atoms with Crippen LogP contribution in [0.4, 0.5) is 16.2 Å². The molecular weight excluding hydrogens is 446 g/mol. The Morgan fingerprint density at radius 2 is 1.55 bits per heavy atom. The van der Waals surface area contributed by atoms with Gasteiger partial charge in [0, 0.05) is 11.3 Å². The minimum atomic E-state index is -4.20. The summed E-state index contributed by atoms with van der Waals surface area (Å²) in [4.78, 5) is 35.1. The van der Waals surface area contributed by atoms with E-state index in [1.165, 1.54) is 42.5 Å². The number of aliphatic carboxylic acids is 1. The maximum atomic E-state index is 13.5. The molecule has 5 N–H and O–H groups in total. The molecule has 0 fully saturated rings. The number of hydrogen-bond acceptors (Lipinski definition) is 5. The van der Waals surface area contributed by atoms with Gasteiger partial charge in [-0.3, -0.25) is 9.59 Å². The van der Waals surface area contributed by atoms with Gasteiger partial charge in [0.15, 0.2) is 9.84 Å². The monoisotopic (exact) mass is 467 g/mol. The van der Waals surface area contributed by atoms with Crippen molar-refractivity contribution in [1.82, 2.24) is 0 Å². The molecule has 0 saturated carbocycles. The molecule has 3 rings (SSSR count). The first-order chi connectivity index (χ1) is 15.7. The second-order valence-electron chi connectivity index (χ2n) is 7.06. The lowest BCUT2D eigenvalue weighted by molar-refractivity contribution is -0.137. The van der Waals surface area contributed by atoms with Gasteiger partial charge in [-0.15, -0.1) is 0 Å². The number of anilines is 2. The largest absolute Gasteiger partial charge is 0.481 e. The number of hydrogen-bond donors (Lipinski definition) is 4. The van der Waals surface area contributed by atoms with Crippen LogP contribution in [-0.4, -0.2) is 31.4 Å². The average Bonchev–Trinajstić information content (AvgIpc) is 2.78. The van der Waals surface area contributed by atoms with Crippen LogP contribution in [0.3, 0.4) is 0 Å². The molecule has 3 aromatic carbocycles. The van der Waals surface area contributed by atoms with Crippen molar-refractivity contribution in [2.24, 2.45) is 5.73 Å². The van der Waals surface area contributed by atoms with Gasteiger partial charge in [0.25, 0.3) is 5.91 Å². The van der Waals surface area contributed by atoms with Crippen LogP contribution in [0.25, 0.3) is 0 Å². The molecule has 0 aliphatic heterocycles. The van der Waals surface area contributed by atoms with Crippen molar-refractivity contribution in [1.29, 1.82) is 0 Å². The van der Waals surface area contributed by atoms with Crippen molar-refractivity contribution in [2.75, 3.05) is 10.6 Å². The van der Waals surface area contributed by atoms with E-state index >= 15 is 0 Å². The molecular formula is C23H21N3O6S. The first-order valence-corrected chi connectivity index (χ1v) is 11.3. The van der Waals surface area contributed by atoms with Gasteiger partial charge in [-0.1, -0.05) is 48.5 Å². The highest BCUT2D eigenvalue weighted by molar-refractivity contribution is 7.91. The van der Waals surface area contributed by atoms with Crippen LogP contribution in [0.1, 0.15) is 27.6 Å². The molecule has 3 amide bonds. The summed E-state index contributed by atoms with van der Waals surface area (Å²) in [7, 11) is -4.20. The van der Waals surface area contributed by atoms with E-state index in [4.69, 9.17) is 5.73 Å². The maximum Gasteiger partial charge on any atom is 0.316 e. The molecule has 170 valence electrons. The number of benzene rings is 3. The van der Waals surface area contributed by atoms with Crippen LogP contribution in [0, 0.1) is 0 Å². The zero-order valence-corrected chi connectivity index (χ0v) is 18.1. The number of sulfone groups is 1. The predicted molar refractivity (Wildman–Crippen MR) is 123 cm³/mol. The highest BCUT2D eigenvalue weighted by Gasteiger charge is 2.33. The zero-order valence-electron chi connectivity index (χ0n) is 17.3. The fraction of sp³-hybridized carbons (Fsp3) is 0.0870. The fourth-order valence-electron chi connectivity index (χ4n) is 3.28. The molecule has 1 atom stereocenters. The SMILES string of the molecule is NC(=O)Nc1cccc(C(=O)Nc2ccccc2S(=O)(=O)C(CC(=O)O)c2ccccc2)c1. The number of carbonyl (C=O) groups is 3.